The third kappa shape index (κ3) is 3.09. The number of benzene rings is 1. The monoisotopic (exact) mass is 326 g/mol. The fraction of sp³-hybridized carbons (Fsp3) is 0.500. The molecule has 2 rings (SSSR count). The van der Waals surface area contributed by atoms with E-state index >= 15 is 0 Å². The molecule has 1 aromatic carbocycles. The molecule has 1 aromatic rings. The topological polar surface area (TPSA) is 52.6 Å². The zero-order chi connectivity index (χ0) is 14.0. The Bertz CT molecular complexity index is 491. The highest BCUT2D eigenvalue weighted by atomic mass is 79.9. The number of amides is 1. The van der Waals surface area contributed by atoms with Crippen molar-refractivity contribution in [2.45, 2.75) is 39.2 Å². The molecular weight excluding hydrogens is 308 g/mol. The number of rotatable bonds is 3. The normalized spacial score (nSPS) is 19.6. The molecule has 1 heterocycles. The SMILES string of the molecule is CCC1CCCN1NC(=O)c1cc(Br)cc(C)c1O. The molecule has 1 aliphatic heterocycles. The van der Waals surface area contributed by atoms with Crippen molar-refractivity contribution in [2.75, 3.05) is 6.54 Å². The van der Waals surface area contributed by atoms with Gasteiger partial charge in [0.1, 0.15) is 5.75 Å². The van der Waals surface area contributed by atoms with E-state index in [1.165, 1.54) is 0 Å². The number of carbonyl (C=O) groups excluding carboxylic acids is 1. The summed E-state index contributed by atoms with van der Waals surface area (Å²) in [6.45, 7) is 4.77. The van der Waals surface area contributed by atoms with Gasteiger partial charge < -0.3 is 5.11 Å². The molecule has 0 saturated carbocycles. The zero-order valence-electron chi connectivity index (χ0n) is 11.2. The van der Waals surface area contributed by atoms with Crippen LogP contribution in [0.15, 0.2) is 16.6 Å². The Morgan fingerprint density at radius 2 is 2.32 bits per heavy atom. The Balaban J connectivity index is 2.16. The van der Waals surface area contributed by atoms with E-state index in [0.29, 0.717) is 17.2 Å². The lowest BCUT2D eigenvalue weighted by atomic mass is 10.1. The highest BCUT2D eigenvalue weighted by Gasteiger charge is 2.25. The lowest BCUT2D eigenvalue weighted by Gasteiger charge is -2.24. The second-order valence-corrected chi connectivity index (χ2v) is 5.87. The largest absolute Gasteiger partial charge is 0.507 e. The average molecular weight is 327 g/mol. The summed E-state index contributed by atoms with van der Waals surface area (Å²) in [5.41, 5.74) is 3.91. The number of halogens is 1. The van der Waals surface area contributed by atoms with Gasteiger partial charge in [0, 0.05) is 17.1 Å². The van der Waals surface area contributed by atoms with Crippen LogP contribution in [-0.2, 0) is 0 Å². The highest BCUT2D eigenvalue weighted by Crippen LogP contribution is 2.27. The minimum atomic E-state index is -0.248. The van der Waals surface area contributed by atoms with Gasteiger partial charge in [0.2, 0.25) is 0 Å². The Morgan fingerprint density at radius 1 is 1.58 bits per heavy atom. The highest BCUT2D eigenvalue weighted by molar-refractivity contribution is 9.10. The fourth-order valence-corrected chi connectivity index (χ4v) is 3.08. The summed E-state index contributed by atoms with van der Waals surface area (Å²) < 4.78 is 0.793. The van der Waals surface area contributed by atoms with Gasteiger partial charge in [0.15, 0.2) is 0 Å². The molecule has 0 bridgehead atoms. The van der Waals surface area contributed by atoms with Crippen LogP contribution in [0.5, 0.6) is 5.75 Å². The number of carbonyl (C=O) groups is 1. The first-order valence-corrected chi connectivity index (χ1v) is 7.39. The Morgan fingerprint density at radius 3 is 3.00 bits per heavy atom. The van der Waals surface area contributed by atoms with E-state index in [4.69, 9.17) is 0 Å². The smallest absolute Gasteiger partial charge is 0.269 e. The second kappa shape index (κ2) is 5.92. The summed E-state index contributed by atoms with van der Waals surface area (Å²) in [5, 5.41) is 12.0. The molecule has 0 aliphatic carbocycles. The van der Waals surface area contributed by atoms with Crippen molar-refractivity contribution < 1.29 is 9.90 Å². The molecule has 4 nitrogen and oxygen atoms in total. The van der Waals surface area contributed by atoms with Crippen molar-refractivity contribution in [1.82, 2.24) is 10.4 Å². The van der Waals surface area contributed by atoms with Crippen LogP contribution in [-0.4, -0.2) is 28.6 Å². The molecule has 2 N–H and O–H groups in total. The van der Waals surface area contributed by atoms with Crippen molar-refractivity contribution in [1.29, 1.82) is 0 Å². The number of aryl methyl sites for hydroxylation is 1. The minimum absolute atomic E-state index is 0.0490. The predicted molar refractivity (Wildman–Crippen MR) is 78.0 cm³/mol. The molecule has 0 aromatic heterocycles. The number of nitrogens with zero attached hydrogens (tertiary/aromatic N) is 1. The molecule has 1 aliphatic rings. The summed E-state index contributed by atoms with van der Waals surface area (Å²) in [7, 11) is 0. The molecule has 1 unspecified atom stereocenters. The predicted octanol–water partition coefficient (Wildman–Crippen LogP) is 2.98. The maximum absolute atomic E-state index is 12.3. The van der Waals surface area contributed by atoms with Gasteiger partial charge in [-0.15, -0.1) is 0 Å². The number of hydrazine groups is 1. The van der Waals surface area contributed by atoms with Crippen LogP contribution in [0.1, 0.15) is 42.1 Å². The molecular formula is C14H19BrN2O2. The van der Waals surface area contributed by atoms with E-state index in [1.54, 1.807) is 19.1 Å². The fourth-order valence-electron chi connectivity index (χ4n) is 2.51. The summed E-state index contributed by atoms with van der Waals surface area (Å²) in [5.74, 6) is -0.199. The minimum Gasteiger partial charge on any atom is -0.507 e. The van der Waals surface area contributed by atoms with Crippen molar-refractivity contribution in [2.24, 2.45) is 0 Å². The lowest BCUT2D eigenvalue weighted by Crippen LogP contribution is -2.44. The summed E-state index contributed by atoms with van der Waals surface area (Å²) >= 11 is 3.35. The zero-order valence-corrected chi connectivity index (χ0v) is 12.8. The van der Waals surface area contributed by atoms with Gasteiger partial charge in [-0.05, 0) is 43.9 Å². The molecule has 1 fully saturated rings. The first-order chi connectivity index (χ1) is 9.02. The van der Waals surface area contributed by atoms with Gasteiger partial charge in [0.05, 0.1) is 5.56 Å². The van der Waals surface area contributed by atoms with Gasteiger partial charge in [-0.25, -0.2) is 5.01 Å². The molecule has 1 amide bonds. The van der Waals surface area contributed by atoms with Gasteiger partial charge in [-0.3, -0.25) is 10.2 Å². The Hall–Kier alpha value is -1.07. The molecule has 1 atom stereocenters. The first kappa shape index (κ1) is 14.3. The van der Waals surface area contributed by atoms with Gasteiger partial charge in [-0.2, -0.15) is 0 Å². The lowest BCUT2D eigenvalue weighted by molar-refractivity contribution is 0.0758. The second-order valence-electron chi connectivity index (χ2n) is 4.96. The van der Waals surface area contributed by atoms with Crippen LogP contribution in [0.25, 0.3) is 0 Å². The van der Waals surface area contributed by atoms with E-state index in [0.717, 1.165) is 30.3 Å². The van der Waals surface area contributed by atoms with Crippen molar-refractivity contribution in [3.63, 3.8) is 0 Å². The van der Waals surface area contributed by atoms with Crippen LogP contribution in [0.2, 0.25) is 0 Å². The van der Waals surface area contributed by atoms with Crippen molar-refractivity contribution >= 4 is 21.8 Å². The number of aromatic hydroxyl groups is 1. The molecule has 104 valence electrons. The number of hydrogen-bond donors (Lipinski definition) is 2. The molecule has 0 radical (unpaired) electrons. The van der Waals surface area contributed by atoms with E-state index in [9.17, 15) is 9.90 Å². The maximum atomic E-state index is 12.3. The number of hydrogen-bond acceptors (Lipinski definition) is 3. The molecule has 1 saturated heterocycles. The van der Waals surface area contributed by atoms with E-state index in [-0.39, 0.29) is 11.7 Å². The van der Waals surface area contributed by atoms with Gasteiger partial charge in [0.25, 0.3) is 5.91 Å². The third-order valence-corrected chi connectivity index (χ3v) is 4.06. The molecule has 0 spiro atoms. The van der Waals surface area contributed by atoms with E-state index in [2.05, 4.69) is 28.3 Å². The third-order valence-electron chi connectivity index (χ3n) is 3.60. The van der Waals surface area contributed by atoms with Crippen LogP contribution in [0.4, 0.5) is 0 Å². The Kier molecular flexibility index (Phi) is 4.47. The van der Waals surface area contributed by atoms with E-state index < -0.39 is 0 Å². The molecule has 19 heavy (non-hydrogen) atoms. The van der Waals surface area contributed by atoms with Gasteiger partial charge in [-0.1, -0.05) is 22.9 Å². The van der Waals surface area contributed by atoms with Crippen LogP contribution < -0.4 is 5.43 Å². The van der Waals surface area contributed by atoms with Crippen molar-refractivity contribution in [3.8, 4) is 5.75 Å². The van der Waals surface area contributed by atoms with Gasteiger partial charge >= 0.3 is 0 Å². The molecule has 5 heteroatoms. The number of nitrogens with one attached hydrogen (secondary N) is 1. The number of phenols is 1. The van der Waals surface area contributed by atoms with Crippen molar-refractivity contribution in [3.05, 3.63) is 27.7 Å². The quantitative estimate of drug-likeness (QED) is 0.897. The Labute approximate surface area is 121 Å². The summed E-state index contributed by atoms with van der Waals surface area (Å²) in [6, 6.07) is 3.84. The number of phenolic OH excluding ortho intramolecular Hbond substituents is 1. The summed E-state index contributed by atoms with van der Waals surface area (Å²) in [6.07, 6.45) is 3.23. The van der Waals surface area contributed by atoms with Crippen LogP contribution >= 0.6 is 15.9 Å². The average Bonchev–Trinajstić information content (AvgIpc) is 2.80. The first-order valence-electron chi connectivity index (χ1n) is 6.59. The van der Waals surface area contributed by atoms with Crippen LogP contribution in [0, 0.1) is 6.92 Å². The van der Waals surface area contributed by atoms with Crippen LogP contribution in [0.3, 0.4) is 0 Å². The van der Waals surface area contributed by atoms with E-state index in [1.807, 2.05) is 5.01 Å². The maximum Gasteiger partial charge on any atom is 0.269 e. The summed E-state index contributed by atoms with van der Waals surface area (Å²) in [4.78, 5) is 12.3. The standard InChI is InChI=1S/C14H19BrN2O2/c1-3-11-5-4-6-17(11)16-14(19)12-8-10(15)7-9(2)13(12)18/h7-8,11,18H,3-6H2,1-2H3,(H,16,19).